The van der Waals surface area contributed by atoms with Crippen molar-refractivity contribution in [3.63, 3.8) is 0 Å². The number of nitrogens with one attached hydrogen (secondary N) is 2. The van der Waals surface area contributed by atoms with E-state index in [1.54, 1.807) is 6.07 Å². The Balaban J connectivity index is 2.52. The minimum Gasteiger partial charge on any atom is -0.480 e. The second-order valence-electron chi connectivity index (χ2n) is 3.97. The number of halogens is 1. The van der Waals surface area contributed by atoms with E-state index < -0.39 is 30.0 Å². The molecule has 2 amide bonds. The molecule has 4 N–H and O–H groups in total. The van der Waals surface area contributed by atoms with Crippen molar-refractivity contribution in [1.82, 2.24) is 10.6 Å². The maximum absolute atomic E-state index is 13.3. The van der Waals surface area contributed by atoms with Crippen LogP contribution in [0, 0.1) is 5.82 Å². The number of carbonyl (C=O) groups excluding carboxylic acids is 1. The summed E-state index contributed by atoms with van der Waals surface area (Å²) >= 11 is 0. The van der Waals surface area contributed by atoms with Crippen LogP contribution in [-0.2, 0) is 11.3 Å². The molecule has 0 aromatic heterocycles. The number of hydrogen-bond acceptors (Lipinski definition) is 3. The quantitative estimate of drug-likeness (QED) is 0.624. The van der Waals surface area contributed by atoms with Gasteiger partial charge in [-0.2, -0.15) is 0 Å². The molecule has 6 nitrogen and oxygen atoms in total. The molecule has 0 radical (unpaired) electrons. The minimum absolute atomic E-state index is 0.0787. The van der Waals surface area contributed by atoms with Crippen molar-refractivity contribution in [2.24, 2.45) is 0 Å². The Morgan fingerprint density at radius 2 is 2.00 bits per heavy atom. The molecule has 1 aromatic rings. The lowest BCUT2D eigenvalue weighted by Gasteiger charge is -2.17. The van der Waals surface area contributed by atoms with Crippen LogP contribution in [0.2, 0.25) is 0 Å². The van der Waals surface area contributed by atoms with E-state index in [0.29, 0.717) is 0 Å². The molecular weight excluding hydrogens is 255 g/mol. The average Bonchev–Trinajstić information content (AvgIpc) is 2.34. The average molecular weight is 270 g/mol. The third-order valence-electron chi connectivity index (χ3n) is 2.43. The molecule has 0 saturated carbocycles. The second-order valence-corrected chi connectivity index (χ2v) is 3.97. The van der Waals surface area contributed by atoms with Gasteiger partial charge in [0.25, 0.3) is 0 Å². The first-order chi connectivity index (χ1) is 8.91. The van der Waals surface area contributed by atoms with Gasteiger partial charge in [-0.15, -0.1) is 0 Å². The summed E-state index contributed by atoms with van der Waals surface area (Å²) in [5, 5.41) is 22.3. The second kappa shape index (κ2) is 6.69. The summed E-state index contributed by atoms with van der Waals surface area (Å²) in [7, 11) is 0. The van der Waals surface area contributed by atoms with Crippen LogP contribution >= 0.6 is 0 Å². The van der Waals surface area contributed by atoms with Gasteiger partial charge in [0, 0.05) is 12.1 Å². The van der Waals surface area contributed by atoms with Gasteiger partial charge in [0.1, 0.15) is 5.82 Å². The molecule has 2 unspecified atom stereocenters. The van der Waals surface area contributed by atoms with Gasteiger partial charge < -0.3 is 20.8 Å². The number of carboxylic acids is 1. The number of carbonyl (C=O) groups is 2. The molecular formula is C12H15FN2O4. The number of amides is 2. The minimum atomic E-state index is -1.42. The molecule has 0 fully saturated rings. The van der Waals surface area contributed by atoms with Gasteiger partial charge in [-0.05, 0) is 13.0 Å². The SMILES string of the molecule is CC(O)C(NC(=O)NCc1ccccc1F)C(=O)O. The molecule has 0 aliphatic carbocycles. The van der Waals surface area contributed by atoms with E-state index >= 15 is 0 Å². The van der Waals surface area contributed by atoms with Crippen LogP contribution in [0.3, 0.4) is 0 Å². The Bertz CT molecular complexity index is 465. The first-order valence-electron chi connectivity index (χ1n) is 5.60. The fourth-order valence-electron chi connectivity index (χ4n) is 1.40. The van der Waals surface area contributed by atoms with Crippen LogP contribution in [0.5, 0.6) is 0 Å². The van der Waals surface area contributed by atoms with Crippen LogP contribution < -0.4 is 10.6 Å². The Morgan fingerprint density at radius 1 is 1.37 bits per heavy atom. The van der Waals surface area contributed by atoms with Crippen molar-refractivity contribution in [3.05, 3.63) is 35.6 Å². The molecule has 2 atom stereocenters. The smallest absolute Gasteiger partial charge is 0.328 e. The van der Waals surface area contributed by atoms with E-state index in [1.165, 1.54) is 25.1 Å². The molecule has 7 heteroatoms. The predicted octanol–water partition coefficient (Wildman–Crippen LogP) is 0.459. The van der Waals surface area contributed by atoms with Crippen LogP contribution in [0.4, 0.5) is 9.18 Å². The van der Waals surface area contributed by atoms with E-state index in [9.17, 15) is 19.1 Å². The topological polar surface area (TPSA) is 98.7 Å². The number of carboxylic acid groups (broad SMARTS) is 1. The largest absolute Gasteiger partial charge is 0.480 e. The number of urea groups is 1. The first-order valence-corrected chi connectivity index (χ1v) is 5.60. The Labute approximate surface area is 109 Å². The Kier molecular flexibility index (Phi) is 5.25. The van der Waals surface area contributed by atoms with Crippen molar-refractivity contribution in [2.45, 2.75) is 25.6 Å². The lowest BCUT2D eigenvalue weighted by atomic mass is 10.2. The summed E-state index contributed by atoms with van der Waals surface area (Å²) in [6, 6.07) is 3.68. The maximum atomic E-state index is 13.3. The van der Waals surface area contributed by atoms with Gasteiger partial charge in [-0.25, -0.2) is 14.0 Å². The van der Waals surface area contributed by atoms with E-state index in [-0.39, 0.29) is 12.1 Å². The Hall–Kier alpha value is -2.15. The molecule has 0 saturated heterocycles. The van der Waals surface area contributed by atoms with Crippen LogP contribution in [-0.4, -0.2) is 34.4 Å². The fraction of sp³-hybridized carbons (Fsp3) is 0.333. The molecule has 19 heavy (non-hydrogen) atoms. The fourth-order valence-corrected chi connectivity index (χ4v) is 1.40. The number of aliphatic hydroxyl groups is 1. The number of aliphatic hydroxyl groups excluding tert-OH is 1. The summed E-state index contributed by atoms with van der Waals surface area (Å²) < 4.78 is 13.3. The van der Waals surface area contributed by atoms with Crippen LogP contribution in [0.1, 0.15) is 12.5 Å². The molecule has 104 valence electrons. The highest BCUT2D eigenvalue weighted by Crippen LogP contribution is 2.05. The first kappa shape index (κ1) is 14.9. The lowest BCUT2D eigenvalue weighted by Crippen LogP contribution is -2.51. The number of rotatable bonds is 5. The summed E-state index contributed by atoms with van der Waals surface area (Å²) in [6.07, 6.45) is -1.24. The normalized spacial score (nSPS) is 13.4. The molecule has 1 aromatic carbocycles. The third-order valence-corrected chi connectivity index (χ3v) is 2.43. The lowest BCUT2D eigenvalue weighted by molar-refractivity contribution is -0.141. The third kappa shape index (κ3) is 4.55. The van der Waals surface area contributed by atoms with E-state index in [4.69, 9.17) is 5.11 Å². The van der Waals surface area contributed by atoms with E-state index in [1.807, 2.05) is 0 Å². The number of aliphatic carboxylic acids is 1. The van der Waals surface area contributed by atoms with E-state index in [0.717, 1.165) is 0 Å². The van der Waals surface area contributed by atoms with Gasteiger partial charge in [0.15, 0.2) is 6.04 Å². The highest BCUT2D eigenvalue weighted by molar-refractivity contribution is 5.82. The number of hydrogen-bond donors (Lipinski definition) is 4. The zero-order valence-corrected chi connectivity index (χ0v) is 10.3. The highest BCUT2D eigenvalue weighted by atomic mass is 19.1. The van der Waals surface area contributed by atoms with E-state index in [2.05, 4.69) is 10.6 Å². The van der Waals surface area contributed by atoms with Crippen molar-refractivity contribution in [2.75, 3.05) is 0 Å². The highest BCUT2D eigenvalue weighted by Gasteiger charge is 2.24. The molecule has 0 aliphatic rings. The summed E-state index contributed by atoms with van der Waals surface area (Å²) in [5.74, 6) is -1.82. The molecule has 1 rings (SSSR count). The van der Waals surface area contributed by atoms with Crippen molar-refractivity contribution in [3.8, 4) is 0 Å². The number of benzene rings is 1. The van der Waals surface area contributed by atoms with Crippen LogP contribution in [0.25, 0.3) is 0 Å². The maximum Gasteiger partial charge on any atom is 0.328 e. The van der Waals surface area contributed by atoms with Gasteiger partial charge >= 0.3 is 12.0 Å². The van der Waals surface area contributed by atoms with Crippen molar-refractivity contribution >= 4 is 12.0 Å². The summed E-state index contributed by atoms with van der Waals surface area (Å²) in [4.78, 5) is 22.2. The van der Waals surface area contributed by atoms with Crippen molar-refractivity contribution in [1.29, 1.82) is 0 Å². The van der Waals surface area contributed by atoms with Gasteiger partial charge in [0.05, 0.1) is 6.10 Å². The van der Waals surface area contributed by atoms with Gasteiger partial charge in [0.2, 0.25) is 0 Å². The molecule has 0 bridgehead atoms. The summed E-state index contributed by atoms with van der Waals surface area (Å²) in [6.45, 7) is 1.17. The molecule has 0 spiro atoms. The van der Waals surface area contributed by atoms with Gasteiger partial charge in [-0.1, -0.05) is 18.2 Å². The standard InChI is InChI=1S/C12H15FN2O4/c1-7(16)10(11(17)18)15-12(19)14-6-8-4-2-3-5-9(8)13/h2-5,7,10,16H,6H2,1H3,(H,17,18)(H2,14,15,19). The Morgan fingerprint density at radius 3 is 2.53 bits per heavy atom. The zero-order chi connectivity index (χ0) is 14.4. The van der Waals surface area contributed by atoms with Crippen molar-refractivity contribution < 1.29 is 24.2 Å². The monoisotopic (exact) mass is 270 g/mol. The molecule has 0 aliphatic heterocycles. The predicted molar refractivity (Wildman–Crippen MR) is 64.9 cm³/mol. The van der Waals surface area contributed by atoms with Crippen LogP contribution in [0.15, 0.2) is 24.3 Å². The van der Waals surface area contributed by atoms with Gasteiger partial charge in [-0.3, -0.25) is 0 Å². The summed E-state index contributed by atoms with van der Waals surface area (Å²) in [5.41, 5.74) is 0.279. The zero-order valence-electron chi connectivity index (χ0n) is 10.3. The molecule has 0 heterocycles.